The zero-order valence-electron chi connectivity index (χ0n) is 10.0. The van der Waals surface area contributed by atoms with Crippen molar-refractivity contribution in [2.75, 3.05) is 0 Å². The van der Waals surface area contributed by atoms with Crippen LogP contribution in [-0.2, 0) is 0 Å². The highest BCUT2D eigenvalue weighted by Crippen LogP contribution is 2.14. The number of carbonyl (C=O) groups is 1. The van der Waals surface area contributed by atoms with Crippen LogP contribution in [0.5, 0.6) is 0 Å². The molecule has 0 spiro atoms. The fourth-order valence-electron chi connectivity index (χ4n) is 1.27. The van der Waals surface area contributed by atoms with Crippen molar-refractivity contribution in [1.82, 2.24) is 9.78 Å². The summed E-state index contributed by atoms with van der Waals surface area (Å²) in [7, 11) is 0. The maximum atomic E-state index is 11.3. The maximum Gasteiger partial charge on any atom is 0.185 e. The summed E-state index contributed by atoms with van der Waals surface area (Å²) in [5.74, 6) is 0.155. The van der Waals surface area contributed by atoms with E-state index in [4.69, 9.17) is 45.7 Å². The fourth-order valence-corrected chi connectivity index (χ4v) is 1.27. The first kappa shape index (κ1) is 27.3. The molecule has 0 aromatic carbocycles. The molecule has 0 N–H and O–H groups in total. The third-order valence-electron chi connectivity index (χ3n) is 1.79. The van der Waals surface area contributed by atoms with E-state index in [1.165, 1.54) is 0 Å². The fraction of sp³-hybridized carbons (Fsp3) is 0.250. The van der Waals surface area contributed by atoms with Gasteiger partial charge in [-0.2, -0.15) is 5.10 Å². The van der Waals surface area contributed by atoms with Gasteiger partial charge in [0.2, 0.25) is 0 Å². The van der Waals surface area contributed by atoms with E-state index in [9.17, 15) is 4.79 Å². The van der Waals surface area contributed by atoms with Crippen molar-refractivity contribution >= 4 is 12.0 Å². The Kier molecular flexibility index (Phi) is 30.0. The van der Waals surface area contributed by atoms with Gasteiger partial charge >= 0.3 is 0 Å². The van der Waals surface area contributed by atoms with Crippen molar-refractivity contribution in [3.63, 3.8) is 0 Å². The Morgan fingerprint density at radius 2 is 1.38 bits per heavy atom. The lowest BCUT2D eigenvalue weighted by atomic mass is 10.1. The second-order valence-electron chi connectivity index (χ2n) is 2.63. The first-order valence-electron chi connectivity index (χ1n) is 4.24. The Hall–Kier alpha value is -2.08. The van der Waals surface area contributed by atoms with Crippen LogP contribution in [0.2, 0.25) is 0 Å². The summed E-state index contributed by atoms with van der Waals surface area (Å²) < 4.78 is 81.6. The predicted octanol–water partition coefficient (Wildman–Crippen LogP) is 5.45. The van der Waals surface area contributed by atoms with Gasteiger partial charge in [-0.1, -0.05) is 6.08 Å². The minimum Gasteiger partial charge on any atom is -0.292 e. The minimum atomic E-state index is 0.155. The SMILES string of the molecule is Cc1cnn2c1C(=O)CC=C2.FF.FF.FF.FF.FF. The average Bonchev–Trinajstić information content (AvgIpc) is 2.99. The van der Waals surface area contributed by atoms with Crippen LogP contribution in [0.25, 0.3) is 6.20 Å². The summed E-state index contributed by atoms with van der Waals surface area (Å²) in [6.07, 6.45) is 5.86. The molecule has 0 atom stereocenters. The minimum absolute atomic E-state index is 0.155. The number of hydrogen-bond acceptors (Lipinski definition) is 2. The Morgan fingerprint density at radius 3 is 1.76 bits per heavy atom. The highest BCUT2D eigenvalue weighted by Gasteiger charge is 2.16. The van der Waals surface area contributed by atoms with E-state index in [0.29, 0.717) is 6.42 Å². The van der Waals surface area contributed by atoms with Gasteiger partial charge in [0.25, 0.3) is 0 Å². The Balaban J connectivity index is -0.000000124. The molecule has 0 amide bonds. The highest BCUT2D eigenvalue weighted by atomic mass is 20.0. The Bertz CT molecular complexity index is 357. The molecule has 0 saturated carbocycles. The van der Waals surface area contributed by atoms with Gasteiger partial charge in [-0.15, -0.1) is 0 Å². The summed E-state index contributed by atoms with van der Waals surface area (Å²) in [5, 5.41) is 4.02. The second kappa shape index (κ2) is 23.0. The van der Waals surface area contributed by atoms with Crippen LogP contribution in [0.15, 0.2) is 12.3 Å². The lowest BCUT2D eigenvalue weighted by Crippen LogP contribution is -2.10. The Labute approximate surface area is 110 Å². The number of ketones is 1. The number of nitrogens with zero attached hydrogens (tertiary/aromatic N) is 2. The summed E-state index contributed by atoms with van der Waals surface area (Å²) >= 11 is 0. The molecule has 1 aromatic rings. The van der Waals surface area contributed by atoms with Crippen LogP contribution in [0.3, 0.4) is 0 Å². The summed E-state index contributed by atoms with van der Waals surface area (Å²) in [4.78, 5) is 11.3. The third kappa shape index (κ3) is 10.4. The summed E-state index contributed by atoms with van der Waals surface area (Å²) in [6.45, 7) is 1.90. The van der Waals surface area contributed by atoms with E-state index in [-0.39, 0.29) is 5.78 Å². The average molecular weight is 338 g/mol. The molecule has 13 heteroatoms. The molecule has 0 bridgehead atoms. The van der Waals surface area contributed by atoms with Gasteiger partial charge in [-0.3, -0.25) is 4.79 Å². The monoisotopic (exact) mass is 338 g/mol. The van der Waals surface area contributed by atoms with Gasteiger partial charge in [-0.25, -0.2) is 4.68 Å². The molecule has 1 aliphatic heterocycles. The van der Waals surface area contributed by atoms with Crippen molar-refractivity contribution in [2.45, 2.75) is 13.3 Å². The molecule has 0 unspecified atom stereocenters. The number of aromatic nitrogens is 2. The molecule has 1 aromatic heterocycles. The first-order chi connectivity index (χ1) is 10.3. The van der Waals surface area contributed by atoms with Crippen LogP contribution >= 0.6 is 0 Å². The second-order valence-corrected chi connectivity index (χ2v) is 2.63. The molecular weight excluding hydrogens is 330 g/mol. The number of hydrogen-bond donors (Lipinski definition) is 0. The van der Waals surface area contributed by atoms with Gasteiger partial charge < -0.3 is 0 Å². The molecule has 0 aliphatic carbocycles. The van der Waals surface area contributed by atoms with Gasteiger partial charge in [0.15, 0.2) is 5.78 Å². The Morgan fingerprint density at radius 1 is 0.952 bits per heavy atom. The van der Waals surface area contributed by atoms with E-state index in [1.54, 1.807) is 10.9 Å². The van der Waals surface area contributed by atoms with Crippen molar-refractivity contribution < 1.29 is 50.5 Å². The molecule has 3 nitrogen and oxygen atoms in total. The van der Waals surface area contributed by atoms with Gasteiger partial charge in [-0.05, 0) is 12.5 Å². The zero-order valence-corrected chi connectivity index (χ0v) is 10.0. The molecular formula is C8H8F10N2O. The molecule has 0 radical (unpaired) electrons. The molecule has 21 heavy (non-hydrogen) atoms. The molecule has 2 heterocycles. The van der Waals surface area contributed by atoms with E-state index in [0.717, 1.165) is 11.3 Å². The van der Waals surface area contributed by atoms with E-state index >= 15 is 0 Å². The zero-order chi connectivity index (χ0) is 17.8. The van der Waals surface area contributed by atoms with E-state index < -0.39 is 0 Å². The standard InChI is InChI=1S/C8H8N2O.5F2/c1-6-5-9-10-4-2-3-7(11)8(6)10;5*1-2/h2,4-5H,3H2,1H3;;;;;. The summed E-state index contributed by atoms with van der Waals surface area (Å²) in [5.41, 5.74) is 1.69. The van der Waals surface area contributed by atoms with Crippen LogP contribution in [0.4, 0.5) is 45.7 Å². The van der Waals surface area contributed by atoms with Gasteiger partial charge in [0.1, 0.15) is 5.69 Å². The van der Waals surface area contributed by atoms with Gasteiger partial charge in [0.05, 0.1) is 6.20 Å². The number of aryl methyl sites for hydroxylation is 1. The number of fused-ring (bicyclic) bond motifs is 1. The first-order valence-corrected chi connectivity index (χ1v) is 4.24. The lowest BCUT2D eigenvalue weighted by Gasteiger charge is -2.05. The van der Waals surface area contributed by atoms with Crippen LogP contribution in [0, 0.1) is 6.92 Å². The van der Waals surface area contributed by atoms with Crippen LogP contribution in [-0.4, -0.2) is 15.6 Å². The lowest BCUT2D eigenvalue weighted by molar-refractivity contribution is 0.0986. The highest BCUT2D eigenvalue weighted by molar-refractivity contribution is 5.98. The number of carbonyl (C=O) groups excluding carboxylic acids is 1. The van der Waals surface area contributed by atoms with Crippen LogP contribution < -0.4 is 0 Å². The molecule has 2 rings (SSSR count). The molecule has 126 valence electrons. The topological polar surface area (TPSA) is 34.9 Å². The molecule has 1 aliphatic rings. The number of Topliss-reactive ketones (excluding diaryl/α,β-unsaturated/α-hetero) is 1. The van der Waals surface area contributed by atoms with Gasteiger partial charge in [0, 0.05) is 58.4 Å². The van der Waals surface area contributed by atoms with Crippen molar-refractivity contribution in [3.8, 4) is 0 Å². The van der Waals surface area contributed by atoms with Crippen molar-refractivity contribution in [2.24, 2.45) is 0 Å². The van der Waals surface area contributed by atoms with Crippen LogP contribution in [0.1, 0.15) is 22.5 Å². The summed E-state index contributed by atoms with van der Waals surface area (Å²) in [6, 6.07) is 0. The number of allylic oxidation sites excluding steroid dienone is 1. The maximum absolute atomic E-state index is 11.3. The van der Waals surface area contributed by atoms with E-state index in [2.05, 4.69) is 5.10 Å². The largest absolute Gasteiger partial charge is 0.292 e. The molecule has 0 saturated heterocycles. The normalized spacial score (nSPS) is 9.38. The smallest absolute Gasteiger partial charge is 0.185 e. The number of halogens is 10. The predicted molar refractivity (Wildman–Crippen MR) is 52.3 cm³/mol. The van der Waals surface area contributed by atoms with Crippen molar-refractivity contribution in [1.29, 1.82) is 0 Å². The third-order valence-corrected chi connectivity index (χ3v) is 1.79. The van der Waals surface area contributed by atoms with Crippen molar-refractivity contribution in [3.05, 3.63) is 23.5 Å². The molecule has 0 fully saturated rings. The quantitative estimate of drug-likeness (QED) is 0.590. The number of rotatable bonds is 0. The van der Waals surface area contributed by atoms with E-state index in [1.807, 2.05) is 19.2 Å².